The number of esters is 2. The molecule has 0 atom stereocenters. The van der Waals surface area contributed by atoms with Gasteiger partial charge < -0.3 is 28.4 Å². The molecule has 3 rings (SSSR count). The lowest BCUT2D eigenvalue weighted by molar-refractivity contribution is -0.143. The van der Waals surface area contributed by atoms with Gasteiger partial charge in [0.05, 0.1) is 37.6 Å². The van der Waals surface area contributed by atoms with Gasteiger partial charge in [0.15, 0.2) is 0 Å². The molecule has 0 saturated heterocycles. The maximum atomic E-state index is 11.9. The van der Waals surface area contributed by atoms with Crippen LogP contribution in [0.4, 0.5) is 0 Å². The molecular weight excluding hydrogens is 520 g/mol. The predicted octanol–water partition coefficient (Wildman–Crippen LogP) is 6.80. The van der Waals surface area contributed by atoms with Gasteiger partial charge in [-0.2, -0.15) is 0 Å². The first-order valence-corrected chi connectivity index (χ1v) is 13.5. The third-order valence-electron chi connectivity index (χ3n) is 5.55. The Balaban J connectivity index is 2.45. The Morgan fingerprint density at radius 1 is 0.667 bits per heavy atom. The van der Waals surface area contributed by atoms with E-state index in [9.17, 15) is 9.59 Å². The van der Waals surface area contributed by atoms with Crippen molar-refractivity contribution in [2.75, 3.05) is 14.2 Å². The lowest BCUT2D eigenvalue weighted by atomic mass is 10.00. The van der Waals surface area contributed by atoms with Gasteiger partial charge in [0.2, 0.25) is 0 Å². The molecule has 0 amide bonds. The standard InChI is InChI=1S/C30H36O8S/c1-17(2)37-25-13-9-11-23(33-7)27(25)29-21(15-35-19(5)31)22(16-36-20(6)32)30(39-29)28-24(34-8)12-10-14-26(28)38-18(3)4/h9-14,17-18H,15-16H2,1-8H3. The van der Waals surface area contributed by atoms with Crippen LogP contribution in [0.15, 0.2) is 36.4 Å². The van der Waals surface area contributed by atoms with E-state index in [2.05, 4.69) is 0 Å². The fraction of sp³-hybridized carbons (Fsp3) is 0.400. The summed E-state index contributed by atoms with van der Waals surface area (Å²) in [4.78, 5) is 25.4. The quantitative estimate of drug-likeness (QED) is 0.225. The van der Waals surface area contributed by atoms with Gasteiger partial charge in [-0.1, -0.05) is 12.1 Å². The van der Waals surface area contributed by atoms with E-state index in [1.54, 1.807) is 14.2 Å². The van der Waals surface area contributed by atoms with Gasteiger partial charge in [-0.25, -0.2) is 0 Å². The molecule has 0 bridgehead atoms. The highest BCUT2D eigenvalue weighted by Gasteiger charge is 2.29. The minimum Gasteiger partial charge on any atom is -0.496 e. The summed E-state index contributed by atoms with van der Waals surface area (Å²) >= 11 is 1.43. The van der Waals surface area contributed by atoms with Crippen LogP contribution < -0.4 is 18.9 Å². The maximum Gasteiger partial charge on any atom is 0.302 e. The van der Waals surface area contributed by atoms with Crippen LogP contribution in [0.2, 0.25) is 0 Å². The van der Waals surface area contributed by atoms with Crippen molar-refractivity contribution in [3.63, 3.8) is 0 Å². The van der Waals surface area contributed by atoms with Crippen molar-refractivity contribution in [1.82, 2.24) is 0 Å². The van der Waals surface area contributed by atoms with Crippen LogP contribution in [0.5, 0.6) is 23.0 Å². The number of hydrogen-bond donors (Lipinski definition) is 0. The zero-order chi connectivity index (χ0) is 28.7. The zero-order valence-electron chi connectivity index (χ0n) is 23.7. The summed E-state index contributed by atoms with van der Waals surface area (Å²) in [5.74, 6) is 1.52. The molecule has 2 aromatic carbocycles. The highest BCUT2D eigenvalue weighted by Crippen LogP contribution is 2.52. The fourth-order valence-electron chi connectivity index (χ4n) is 4.07. The molecule has 0 fully saturated rings. The van der Waals surface area contributed by atoms with Gasteiger partial charge >= 0.3 is 11.9 Å². The summed E-state index contributed by atoms with van der Waals surface area (Å²) in [5, 5.41) is 0. The average Bonchev–Trinajstić information content (AvgIpc) is 3.22. The summed E-state index contributed by atoms with van der Waals surface area (Å²) in [6, 6.07) is 11.1. The Bertz CT molecular complexity index is 1210. The van der Waals surface area contributed by atoms with E-state index < -0.39 is 11.9 Å². The summed E-state index contributed by atoms with van der Waals surface area (Å²) in [6.45, 7) is 10.4. The zero-order valence-corrected chi connectivity index (χ0v) is 24.5. The maximum absolute atomic E-state index is 11.9. The molecule has 0 aliphatic carbocycles. The van der Waals surface area contributed by atoms with Crippen LogP contribution in [-0.2, 0) is 32.3 Å². The molecule has 1 heterocycles. The third-order valence-corrected chi connectivity index (χ3v) is 6.86. The topological polar surface area (TPSA) is 89.5 Å². The second kappa shape index (κ2) is 13.4. The number of rotatable bonds is 12. The van der Waals surface area contributed by atoms with Crippen molar-refractivity contribution in [3.8, 4) is 43.9 Å². The van der Waals surface area contributed by atoms with Crippen molar-refractivity contribution in [1.29, 1.82) is 0 Å². The number of carbonyl (C=O) groups is 2. The third kappa shape index (κ3) is 7.23. The number of hydrogen-bond acceptors (Lipinski definition) is 9. The first-order valence-electron chi connectivity index (χ1n) is 12.7. The van der Waals surface area contributed by atoms with Crippen molar-refractivity contribution in [2.45, 2.75) is 67.0 Å². The highest BCUT2D eigenvalue weighted by atomic mass is 32.1. The molecule has 39 heavy (non-hydrogen) atoms. The molecule has 0 spiro atoms. The van der Waals surface area contributed by atoms with Crippen molar-refractivity contribution >= 4 is 23.3 Å². The second-order valence-corrected chi connectivity index (χ2v) is 10.3. The van der Waals surface area contributed by atoms with E-state index in [4.69, 9.17) is 28.4 Å². The normalized spacial score (nSPS) is 10.9. The Morgan fingerprint density at radius 3 is 1.33 bits per heavy atom. The van der Waals surface area contributed by atoms with Crippen LogP contribution in [0.25, 0.3) is 20.9 Å². The molecule has 0 aliphatic rings. The van der Waals surface area contributed by atoms with Gasteiger partial charge in [-0.15, -0.1) is 11.3 Å². The second-order valence-electron chi connectivity index (χ2n) is 9.28. The molecule has 9 heteroatoms. The molecule has 210 valence electrons. The Labute approximate surface area is 233 Å². The average molecular weight is 557 g/mol. The van der Waals surface area contributed by atoms with E-state index in [1.807, 2.05) is 64.1 Å². The van der Waals surface area contributed by atoms with E-state index in [-0.39, 0.29) is 25.4 Å². The Morgan fingerprint density at radius 2 is 1.03 bits per heavy atom. The molecular formula is C30H36O8S. The molecule has 1 aromatic heterocycles. The molecule has 0 unspecified atom stereocenters. The summed E-state index contributed by atoms with van der Waals surface area (Å²) in [7, 11) is 3.18. The lowest BCUT2D eigenvalue weighted by Gasteiger charge is -2.18. The van der Waals surface area contributed by atoms with Crippen LogP contribution in [0.3, 0.4) is 0 Å². The molecule has 0 N–H and O–H groups in total. The number of benzene rings is 2. The smallest absolute Gasteiger partial charge is 0.302 e. The van der Waals surface area contributed by atoms with Gasteiger partial charge in [0.25, 0.3) is 0 Å². The molecule has 3 aromatic rings. The fourth-order valence-corrected chi connectivity index (χ4v) is 5.49. The minimum atomic E-state index is -0.438. The van der Waals surface area contributed by atoms with Crippen LogP contribution in [0, 0.1) is 0 Å². The van der Waals surface area contributed by atoms with E-state index >= 15 is 0 Å². The molecule has 0 radical (unpaired) electrons. The van der Waals surface area contributed by atoms with Crippen molar-refractivity contribution < 1.29 is 38.0 Å². The summed E-state index contributed by atoms with van der Waals surface area (Å²) in [6.07, 6.45) is -0.207. The van der Waals surface area contributed by atoms with Crippen LogP contribution in [-0.4, -0.2) is 38.4 Å². The predicted molar refractivity (Wildman–Crippen MR) is 151 cm³/mol. The van der Waals surface area contributed by atoms with E-state index in [0.29, 0.717) is 45.3 Å². The first-order chi connectivity index (χ1) is 18.6. The molecule has 0 saturated carbocycles. The lowest BCUT2D eigenvalue weighted by Crippen LogP contribution is -2.09. The number of ether oxygens (including phenoxy) is 6. The van der Waals surface area contributed by atoms with Gasteiger partial charge in [0, 0.05) is 34.7 Å². The molecule has 0 aliphatic heterocycles. The van der Waals surface area contributed by atoms with E-state index in [1.165, 1.54) is 25.2 Å². The van der Waals surface area contributed by atoms with Crippen LogP contribution in [0.1, 0.15) is 52.7 Å². The van der Waals surface area contributed by atoms with Crippen molar-refractivity contribution in [3.05, 3.63) is 47.5 Å². The Hall–Kier alpha value is -3.72. The summed E-state index contributed by atoms with van der Waals surface area (Å²) in [5.41, 5.74) is 2.76. The van der Waals surface area contributed by atoms with Gasteiger partial charge in [0.1, 0.15) is 36.2 Å². The van der Waals surface area contributed by atoms with Gasteiger partial charge in [-0.05, 0) is 52.0 Å². The van der Waals surface area contributed by atoms with Crippen molar-refractivity contribution in [2.24, 2.45) is 0 Å². The minimum absolute atomic E-state index is 0.0492. The van der Waals surface area contributed by atoms with Gasteiger partial charge in [-0.3, -0.25) is 9.59 Å². The number of thiophene rings is 1. The largest absolute Gasteiger partial charge is 0.496 e. The highest BCUT2D eigenvalue weighted by molar-refractivity contribution is 7.19. The van der Waals surface area contributed by atoms with Crippen LogP contribution >= 0.6 is 11.3 Å². The number of methoxy groups -OCH3 is 2. The first kappa shape index (κ1) is 29.8. The summed E-state index contributed by atoms with van der Waals surface area (Å²) < 4.78 is 34.9. The SMILES string of the molecule is COc1cccc(OC(C)C)c1-c1sc(-c2c(OC)cccc2OC(C)C)c(COC(C)=O)c1COC(C)=O. The molecule has 8 nitrogen and oxygen atoms in total. The number of carbonyl (C=O) groups excluding carboxylic acids is 2. The monoisotopic (exact) mass is 556 g/mol. The Kier molecular flexibility index (Phi) is 10.2. The van der Waals surface area contributed by atoms with E-state index in [0.717, 1.165) is 9.75 Å².